The molecular weight excluding hydrogens is 250 g/mol. The fourth-order valence-corrected chi connectivity index (χ4v) is 1.76. The summed E-state index contributed by atoms with van der Waals surface area (Å²) >= 11 is 0. The highest BCUT2D eigenvalue weighted by atomic mass is 19.1. The van der Waals surface area contributed by atoms with Gasteiger partial charge in [0.05, 0.1) is 5.69 Å². The summed E-state index contributed by atoms with van der Waals surface area (Å²) in [6.07, 6.45) is 0.259. The second-order valence-electron chi connectivity index (χ2n) is 4.15. The number of nitrogen functional groups attached to an aromatic ring is 1. The number of hydrogen-bond acceptors (Lipinski definition) is 2. The molecule has 6 heteroatoms. The van der Waals surface area contributed by atoms with Gasteiger partial charge in [0.25, 0.3) is 5.84 Å². The summed E-state index contributed by atoms with van der Waals surface area (Å²) in [5, 5.41) is 5.46. The van der Waals surface area contributed by atoms with E-state index in [4.69, 9.17) is 16.9 Å². The van der Waals surface area contributed by atoms with E-state index < -0.39 is 11.6 Å². The molecule has 0 aliphatic heterocycles. The Hall–Kier alpha value is -2.50. The highest BCUT2D eigenvalue weighted by Gasteiger charge is 2.11. The van der Waals surface area contributed by atoms with Crippen LogP contribution < -0.4 is 16.9 Å². The van der Waals surface area contributed by atoms with Gasteiger partial charge in [-0.2, -0.15) is 0 Å². The van der Waals surface area contributed by atoms with Gasteiger partial charge < -0.3 is 5.73 Å². The van der Waals surface area contributed by atoms with E-state index in [9.17, 15) is 8.78 Å². The van der Waals surface area contributed by atoms with E-state index in [0.29, 0.717) is 16.9 Å². The lowest BCUT2D eigenvalue weighted by atomic mass is 10.1. The van der Waals surface area contributed by atoms with Crippen molar-refractivity contribution in [2.75, 3.05) is 5.73 Å². The first-order chi connectivity index (χ1) is 8.95. The molecule has 0 amide bonds. The smallest absolute Gasteiger partial charge is 0.291 e. The van der Waals surface area contributed by atoms with Gasteiger partial charge in [-0.05, 0) is 29.8 Å². The molecule has 6 N–H and O–H groups in total. The van der Waals surface area contributed by atoms with Crippen LogP contribution in [0.4, 0.5) is 14.5 Å². The van der Waals surface area contributed by atoms with Crippen LogP contribution in [0.5, 0.6) is 0 Å². The van der Waals surface area contributed by atoms with Crippen molar-refractivity contribution in [1.82, 2.24) is 4.98 Å². The number of nitrogens with zero attached hydrogens (tertiary/aromatic N) is 1. The number of aromatic nitrogens is 1. The van der Waals surface area contributed by atoms with Gasteiger partial charge in [0, 0.05) is 18.2 Å². The van der Waals surface area contributed by atoms with Crippen LogP contribution in [0.3, 0.4) is 0 Å². The first kappa shape index (κ1) is 12.9. The Morgan fingerprint density at radius 1 is 1.16 bits per heavy atom. The Bertz CT molecular complexity index is 620. The van der Waals surface area contributed by atoms with Gasteiger partial charge in [0.15, 0.2) is 5.69 Å². The van der Waals surface area contributed by atoms with Crippen molar-refractivity contribution < 1.29 is 14.2 Å². The Balaban J connectivity index is 2.33. The quantitative estimate of drug-likeness (QED) is 0.537. The van der Waals surface area contributed by atoms with E-state index in [2.05, 4.69) is 4.98 Å². The maximum Gasteiger partial charge on any atom is 0.291 e. The van der Waals surface area contributed by atoms with Crippen molar-refractivity contribution in [2.24, 2.45) is 5.73 Å². The molecule has 0 spiro atoms. The van der Waals surface area contributed by atoms with Crippen LogP contribution in [-0.4, -0.2) is 10.8 Å². The number of halogens is 2. The molecule has 0 radical (unpaired) electrons. The topological polar surface area (TPSA) is 90.5 Å². The number of benzene rings is 1. The minimum atomic E-state index is -0.629. The van der Waals surface area contributed by atoms with Gasteiger partial charge >= 0.3 is 0 Å². The highest BCUT2D eigenvalue weighted by molar-refractivity contribution is 5.95. The lowest BCUT2D eigenvalue weighted by Gasteiger charge is -2.05. The Labute approximate surface area is 108 Å². The van der Waals surface area contributed by atoms with Gasteiger partial charge in [-0.15, -0.1) is 0 Å². The molecule has 19 heavy (non-hydrogen) atoms. The van der Waals surface area contributed by atoms with Crippen molar-refractivity contribution in [3.63, 3.8) is 0 Å². The molecule has 1 heterocycles. The standard InChI is InChI=1S/C13H12F2N4/c14-8-3-7(4-9(15)6-8)5-10-1-2-11(16)12(19-10)13(17)18/h1-4,6H,5,16H2,(H3,17,18)/p+1. The first-order valence-electron chi connectivity index (χ1n) is 5.54. The molecule has 2 rings (SSSR count). The number of hydrogen-bond donors (Lipinski definition) is 3. The summed E-state index contributed by atoms with van der Waals surface area (Å²) < 4.78 is 26.2. The Kier molecular flexibility index (Phi) is 3.41. The van der Waals surface area contributed by atoms with Gasteiger partial charge in [-0.1, -0.05) is 0 Å². The number of nitrogens with two attached hydrogens (primary N) is 3. The monoisotopic (exact) mass is 263 g/mol. The minimum absolute atomic E-state index is 0.00442. The molecule has 0 aliphatic rings. The summed E-state index contributed by atoms with van der Waals surface area (Å²) in [6.45, 7) is 0. The first-order valence-corrected chi connectivity index (χ1v) is 5.54. The molecule has 0 saturated carbocycles. The number of rotatable bonds is 3. The fourth-order valence-electron chi connectivity index (χ4n) is 1.76. The third kappa shape index (κ3) is 3.04. The predicted octanol–water partition coefficient (Wildman–Crippen LogP) is -0.00280. The van der Waals surface area contributed by atoms with Crippen molar-refractivity contribution in [2.45, 2.75) is 6.42 Å². The summed E-state index contributed by atoms with van der Waals surface area (Å²) in [7, 11) is 0. The molecule has 0 atom stereocenters. The number of pyridine rings is 1. The van der Waals surface area contributed by atoms with Crippen molar-refractivity contribution in [3.05, 3.63) is 58.9 Å². The van der Waals surface area contributed by atoms with Crippen molar-refractivity contribution in [3.8, 4) is 0 Å². The molecule has 0 saturated heterocycles. The molecule has 0 unspecified atom stereocenters. The maximum absolute atomic E-state index is 13.1. The molecule has 98 valence electrons. The number of anilines is 1. The molecule has 0 aliphatic carbocycles. The van der Waals surface area contributed by atoms with Gasteiger partial charge in [-0.25, -0.2) is 13.8 Å². The molecule has 0 fully saturated rings. The highest BCUT2D eigenvalue weighted by Crippen LogP contribution is 2.14. The van der Waals surface area contributed by atoms with Crippen molar-refractivity contribution in [1.29, 1.82) is 0 Å². The van der Waals surface area contributed by atoms with Crippen LogP contribution in [-0.2, 0) is 6.42 Å². The maximum atomic E-state index is 13.1. The Morgan fingerprint density at radius 3 is 2.37 bits per heavy atom. The zero-order valence-electron chi connectivity index (χ0n) is 10.0. The largest absolute Gasteiger partial charge is 0.397 e. The third-order valence-corrected chi connectivity index (χ3v) is 2.57. The predicted molar refractivity (Wildman–Crippen MR) is 68.0 cm³/mol. The molecule has 2 aromatic rings. The molecule has 4 nitrogen and oxygen atoms in total. The minimum Gasteiger partial charge on any atom is -0.397 e. The molecular formula is C13H13F2N4+. The van der Waals surface area contributed by atoms with E-state index in [1.54, 1.807) is 12.1 Å². The lowest BCUT2D eigenvalue weighted by molar-refractivity contribution is -0.114. The van der Waals surface area contributed by atoms with Crippen molar-refractivity contribution >= 4 is 11.5 Å². The van der Waals surface area contributed by atoms with Crippen LogP contribution in [0.2, 0.25) is 0 Å². The van der Waals surface area contributed by atoms with Crippen LogP contribution in [0.15, 0.2) is 30.3 Å². The average Bonchev–Trinajstić information content (AvgIpc) is 2.30. The normalized spacial score (nSPS) is 10.4. The zero-order chi connectivity index (χ0) is 14.0. The van der Waals surface area contributed by atoms with E-state index in [-0.39, 0.29) is 18.0 Å². The molecule has 0 bridgehead atoms. The van der Waals surface area contributed by atoms with Gasteiger partial charge in [0.2, 0.25) is 0 Å². The molecule has 1 aromatic carbocycles. The summed E-state index contributed by atoms with van der Waals surface area (Å²) in [5.41, 5.74) is 12.8. The van der Waals surface area contributed by atoms with Crippen LogP contribution in [0, 0.1) is 11.6 Å². The lowest BCUT2D eigenvalue weighted by Crippen LogP contribution is -2.47. The van der Waals surface area contributed by atoms with Gasteiger partial charge in [-0.3, -0.25) is 11.1 Å². The van der Waals surface area contributed by atoms with E-state index in [1.807, 2.05) is 0 Å². The van der Waals surface area contributed by atoms with E-state index >= 15 is 0 Å². The fraction of sp³-hybridized carbons (Fsp3) is 0.0769. The summed E-state index contributed by atoms with van der Waals surface area (Å²) in [6, 6.07) is 6.57. The molecule has 1 aromatic heterocycles. The second-order valence-corrected chi connectivity index (χ2v) is 4.15. The summed E-state index contributed by atoms with van der Waals surface area (Å²) in [5.74, 6) is -1.25. The van der Waals surface area contributed by atoms with E-state index in [1.165, 1.54) is 12.1 Å². The third-order valence-electron chi connectivity index (χ3n) is 2.57. The van der Waals surface area contributed by atoms with Crippen LogP contribution in [0.25, 0.3) is 0 Å². The Morgan fingerprint density at radius 2 is 1.79 bits per heavy atom. The van der Waals surface area contributed by atoms with Gasteiger partial charge in [0.1, 0.15) is 11.6 Å². The van der Waals surface area contributed by atoms with E-state index in [0.717, 1.165) is 6.07 Å². The number of amidine groups is 1. The second kappa shape index (κ2) is 5.01. The average molecular weight is 263 g/mol. The van der Waals surface area contributed by atoms with Crippen LogP contribution in [0.1, 0.15) is 17.0 Å². The summed E-state index contributed by atoms with van der Waals surface area (Å²) in [4.78, 5) is 4.17. The van der Waals surface area contributed by atoms with Crippen LogP contribution >= 0.6 is 0 Å². The SMILES string of the molecule is NC(=[NH2+])c1nc(Cc2cc(F)cc(F)c2)ccc1N. The zero-order valence-corrected chi connectivity index (χ0v) is 10.0.